The minimum Gasteiger partial charge on any atom is -0.497 e. The molecular formula is C23H21FN2O6S. The van der Waals surface area contributed by atoms with Crippen LogP contribution in [0.4, 0.5) is 10.1 Å². The molecule has 0 aliphatic rings. The van der Waals surface area contributed by atoms with Crippen LogP contribution in [0.15, 0.2) is 77.7 Å². The van der Waals surface area contributed by atoms with Gasteiger partial charge in [0.05, 0.1) is 17.6 Å². The molecule has 3 aromatic carbocycles. The number of sulfonamides is 1. The maximum absolute atomic E-state index is 13.0. The number of carbonyl (C=O) groups excluding carboxylic acids is 2. The lowest BCUT2D eigenvalue weighted by atomic mass is 10.2. The number of hydrogen-bond acceptors (Lipinski definition) is 6. The molecule has 3 aromatic rings. The van der Waals surface area contributed by atoms with Gasteiger partial charge in [0.1, 0.15) is 11.6 Å². The Labute approximate surface area is 190 Å². The monoisotopic (exact) mass is 472 g/mol. The Kier molecular flexibility index (Phi) is 7.62. The maximum atomic E-state index is 13.0. The molecule has 3 rings (SSSR count). The number of halogens is 1. The number of methoxy groups -OCH3 is 1. The molecule has 0 bridgehead atoms. The minimum absolute atomic E-state index is 0.0417. The summed E-state index contributed by atoms with van der Waals surface area (Å²) in [5.41, 5.74) is 0.958. The molecule has 0 spiro atoms. The van der Waals surface area contributed by atoms with Crippen LogP contribution in [-0.4, -0.2) is 34.0 Å². The molecule has 0 fully saturated rings. The van der Waals surface area contributed by atoms with Crippen molar-refractivity contribution in [1.29, 1.82) is 0 Å². The molecule has 0 unspecified atom stereocenters. The summed E-state index contributed by atoms with van der Waals surface area (Å²) in [4.78, 5) is 24.1. The average Bonchev–Trinajstić information content (AvgIpc) is 2.83. The fraction of sp³-hybridized carbons (Fsp3) is 0.130. The number of amides is 1. The highest BCUT2D eigenvalue weighted by Crippen LogP contribution is 2.18. The van der Waals surface area contributed by atoms with Gasteiger partial charge in [-0.05, 0) is 60.2 Å². The molecule has 172 valence electrons. The van der Waals surface area contributed by atoms with E-state index in [9.17, 15) is 22.4 Å². The summed E-state index contributed by atoms with van der Waals surface area (Å²) in [6.45, 7) is -0.289. The SMILES string of the molecule is COc1ccc(CNC(=O)COC(=O)c2cccc(S(=O)(=O)Nc3ccc(F)cc3)c2)cc1. The van der Waals surface area contributed by atoms with Gasteiger partial charge in [-0.1, -0.05) is 18.2 Å². The van der Waals surface area contributed by atoms with Crippen LogP contribution in [-0.2, 0) is 26.1 Å². The number of rotatable bonds is 9. The smallest absolute Gasteiger partial charge is 0.338 e. The highest BCUT2D eigenvalue weighted by Gasteiger charge is 2.18. The molecule has 8 nitrogen and oxygen atoms in total. The second-order valence-electron chi connectivity index (χ2n) is 6.84. The van der Waals surface area contributed by atoms with E-state index in [0.29, 0.717) is 5.75 Å². The highest BCUT2D eigenvalue weighted by molar-refractivity contribution is 7.92. The minimum atomic E-state index is -4.03. The van der Waals surface area contributed by atoms with Crippen LogP contribution in [0.1, 0.15) is 15.9 Å². The molecule has 0 aliphatic heterocycles. The number of esters is 1. The predicted molar refractivity (Wildman–Crippen MR) is 119 cm³/mol. The second kappa shape index (κ2) is 10.6. The van der Waals surface area contributed by atoms with E-state index in [-0.39, 0.29) is 22.7 Å². The van der Waals surface area contributed by atoms with Gasteiger partial charge in [0, 0.05) is 12.2 Å². The molecule has 0 saturated carbocycles. The van der Waals surface area contributed by atoms with Gasteiger partial charge in [-0.15, -0.1) is 0 Å². The molecule has 10 heteroatoms. The van der Waals surface area contributed by atoms with Crippen molar-refractivity contribution in [3.63, 3.8) is 0 Å². The molecule has 2 N–H and O–H groups in total. The molecule has 0 saturated heterocycles. The first-order valence-corrected chi connectivity index (χ1v) is 11.2. The van der Waals surface area contributed by atoms with E-state index in [1.165, 1.54) is 30.3 Å². The average molecular weight is 472 g/mol. The lowest BCUT2D eigenvalue weighted by Crippen LogP contribution is -2.28. The third-order valence-corrected chi connectivity index (χ3v) is 5.84. The molecule has 0 radical (unpaired) electrons. The standard InChI is InChI=1S/C23H21FN2O6S/c1-31-20-11-5-16(6-12-20)14-25-22(27)15-32-23(28)17-3-2-4-21(13-17)33(29,30)26-19-9-7-18(24)8-10-19/h2-13,26H,14-15H2,1H3,(H,25,27). The van der Waals surface area contributed by atoms with Crippen LogP contribution in [0.3, 0.4) is 0 Å². The Morgan fingerprint density at radius 3 is 2.33 bits per heavy atom. The zero-order chi connectivity index (χ0) is 23.8. The van der Waals surface area contributed by atoms with E-state index in [4.69, 9.17) is 9.47 Å². The summed E-state index contributed by atoms with van der Waals surface area (Å²) in [5.74, 6) is -1.18. The van der Waals surface area contributed by atoms with Crippen LogP contribution in [0, 0.1) is 5.82 Å². The number of benzene rings is 3. The van der Waals surface area contributed by atoms with Gasteiger partial charge in [-0.25, -0.2) is 17.6 Å². The van der Waals surface area contributed by atoms with Gasteiger partial charge >= 0.3 is 5.97 Å². The Bertz CT molecular complexity index is 1230. The number of nitrogens with one attached hydrogen (secondary N) is 2. The summed E-state index contributed by atoms with van der Waals surface area (Å²) in [5, 5.41) is 2.62. The summed E-state index contributed by atoms with van der Waals surface area (Å²) >= 11 is 0. The fourth-order valence-electron chi connectivity index (χ4n) is 2.73. The number of hydrogen-bond donors (Lipinski definition) is 2. The Morgan fingerprint density at radius 2 is 1.67 bits per heavy atom. The fourth-order valence-corrected chi connectivity index (χ4v) is 3.84. The molecule has 0 atom stereocenters. The number of anilines is 1. The van der Waals surface area contributed by atoms with Crippen LogP contribution in [0.5, 0.6) is 5.75 Å². The third-order valence-electron chi connectivity index (χ3n) is 4.46. The molecule has 1 amide bonds. The zero-order valence-electron chi connectivity index (χ0n) is 17.6. The van der Waals surface area contributed by atoms with Crippen molar-refractivity contribution < 1.29 is 31.9 Å². The van der Waals surface area contributed by atoms with E-state index in [2.05, 4.69) is 10.0 Å². The lowest BCUT2D eigenvalue weighted by Gasteiger charge is -2.10. The summed E-state index contributed by atoms with van der Waals surface area (Å²) in [6.07, 6.45) is 0. The number of ether oxygens (including phenoxy) is 2. The van der Waals surface area contributed by atoms with Crippen molar-refractivity contribution in [3.8, 4) is 5.75 Å². The Hall–Kier alpha value is -3.92. The van der Waals surface area contributed by atoms with Crippen molar-refractivity contribution in [3.05, 3.63) is 89.7 Å². The van der Waals surface area contributed by atoms with Crippen molar-refractivity contribution in [2.75, 3.05) is 18.4 Å². The van der Waals surface area contributed by atoms with Crippen molar-refractivity contribution in [2.45, 2.75) is 11.4 Å². The van der Waals surface area contributed by atoms with Gasteiger partial charge < -0.3 is 14.8 Å². The number of carbonyl (C=O) groups is 2. The van der Waals surface area contributed by atoms with Crippen LogP contribution in [0.25, 0.3) is 0 Å². The Balaban J connectivity index is 1.56. The first-order chi connectivity index (χ1) is 15.8. The van der Waals surface area contributed by atoms with Gasteiger partial charge in [0.15, 0.2) is 6.61 Å². The van der Waals surface area contributed by atoms with Gasteiger partial charge in [0.25, 0.3) is 15.9 Å². The summed E-state index contributed by atoms with van der Waals surface area (Å²) in [7, 11) is -2.47. The van der Waals surface area contributed by atoms with Gasteiger partial charge in [-0.2, -0.15) is 0 Å². The third kappa shape index (κ3) is 6.78. The Morgan fingerprint density at radius 1 is 0.970 bits per heavy atom. The largest absolute Gasteiger partial charge is 0.497 e. The summed E-state index contributed by atoms with van der Waals surface area (Å²) < 4.78 is 50.5. The van der Waals surface area contributed by atoms with Crippen LogP contribution in [0.2, 0.25) is 0 Å². The van der Waals surface area contributed by atoms with Crippen molar-refractivity contribution in [2.24, 2.45) is 0 Å². The summed E-state index contributed by atoms with van der Waals surface area (Å²) in [6, 6.07) is 17.0. The zero-order valence-corrected chi connectivity index (χ0v) is 18.4. The van der Waals surface area contributed by atoms with E-state index >= 15 is 0 Å². The van der Waals surface area contributed by atoms with Crippen molar-refractivity contribution in [1.82, 2.24) is 5.32 Å². The van der Waals surface area contributed by atoms with E-state index in [1.807, 2.05) is 0 Å². The normalized spacial score (nSPS) is 10.8. The molecule has 0 aliphatic carbocycles. The quantitative estimate of drug-likeness (QED) is 0.463. The van der Waals surface area contributed by atoms with Crippen molar-refractivity contribution >= 4 is 27.6 Å². The topological polar surface area (TPSA) is 111 Å². The van der Waals surface area contributed by atoms with E-state index < -0.39 is 34.3 Å². The first kappa shape index (κ1) is 23.7. The molecule has 0 heterocycles. The highest BCUT2D eigenvalue weighted by atomic mass is 32.2. The molecular weight excluding hydrogens is 451 g/mol. The van der Waals surface area contributed by atoms with Gasteiger partial charge in [0.2, 0.25) is 0 Å². The van der Waals surface area contributed by atoms with Gasteiger partial charge in [-0.3, -0.25) is 9.52 Å². The van der Waals surface area contributed by atoms with E-state index in [0.717, 1.165) is 23.8 Å². The van der Waals surface area contributed by atoms with E-state index in [1.54, 1.807) is 31.4 Å². The first-order valence-electron chi connectivity index (χ1n) is 9.72. The molecule has 33 heavy (non-hydrogen) atoms. The van der Waals surface area contributed by atoms with Crippen LogP contribution < -0.4 is 14.8 Å². The lowest BCUT2D eigenvalue weighted by molar-refractivity contribution is -0.124. The maximum Gasteiger partial charge on any atom is 0.338 e. The molecule has 0 aromatic heterocycles. The second-order valence-corrected chi connectivity index (χ2v) is 8.52. The van der Waals surface area contributed by atoms with Crippen LogP contribution >= 0.6 is 0 Å². The predicted octanol–water partition coefficient (Wildman–Crippen LogP) is 3.11.